The molecule has 5 N–H and O–H groups in total. The summed E-state index contributed by atoms with van der Waals surface area (Å²) in [5.74, 6) is -0.0915. The maximum atomic E-state index is 13.8. The van der Waals surface area contributed by atoms with Gasteiger partial charge in [0.15, 0.2) is 0 Å². The number of nitrogen functional groups attached to an aromatic ring is 1. The molecule has 1 atom stereocenters. The molecule has 0 spiro atoms. The van der Waals surface area contributed by atoms with Crippen molar-refractivity contribution in [1.82, 2.24) is 24.7 Å². The summed E-state index contributed by atoms with van der Waals surface area (Å²) < 4.78 is 31.0. The van der Waals surface area contributed by atoms with Crippen molar-refractivity contribution in [2.24, 2.45) is 11.7 Å². The van der Waals surface area contributed by atoms with Gasteiger partial charge in [0.2, 0.25) is 21.8 Å². The highest BCUT2D eigenvalue weighted by Crippen LogP contribution is 2.24. The van der Waals surface area contributed by atoms with Crippen molar-refractivity contribution in [2.75, 3.05) is 20.1 Å². The van der Waals surface area contributed by atoms with E-state index in [1.807, 2.05) is 0 Å². The lowest BCUT2D eigenvalue weighted by molar-refractivity contribution is -0.134. The van der Waals surface area contributed by atoms with Gasteiger partial charge in [-0.1, -0.05) is 24.3 Å². The number of aromatic nitrogens is 2. The van der Waals surface area contributed by atoms with Crippen LogP contribution in [0.4, 0.5) is 0 Å². The number of carbonyl (C=O) groups excluding carboxylic acids is 2. The summed E-state index contributed by atoms with van der Waals surface area (Å²) in [5.41, 5.74) is 6.62. The van der Waals surface area contributed by atoms with E-state index in [9.17, 15) is 22.8 Å². The van der Waals surface area contributed by atoms with Gasteiger partial charge in [0, 0.05) is 44.4 Å². The molecule has 1 aliphatic heterocycles. The van der Waals surface area contributed by atoms with Crippen molar-refractivity contribution in [1.29, 1.82) is 5.41 Å². The van der Waals surface area contributed by atoms with Crippen LogP contribution in [0.3, 0.4) is 0 Å². The van der Waals surface area contributed by atoms with Gasteiger partial charge in [0.05, 0.1) is 10.6 Å². The van der Waals surface area contributed by atoms with Crippen LogP contribution in [0.2, 0.25) is 0 Å². The van der Waals surface area contributed by atoms with E-state index in [-0.39, 0.29) is 34.7 Å². The van der Waals surface area contributed by atoms with Crippen molar-refractivity contribution in [3.05, 3.63) is 88.3 Å². The van der Waals surface area contributed by atoms with Gasteiger partial charge in [0.1, 0.15) is 11.9 Å². The van der Waals surface area contributed by atoms with Crippen LogP contribution in [0.15, 0.2) is 76.6 Å². The van der Waals surface area contributed by atoms with Crippen molar-refractivity contribution >= 4 is 27.7 Å². The molecule has 0 unspecified atom stereocenters. The smallest absolute Gasteiger partial charge is 0.271 e. The first kappa shape index (κ1) is 31.6. The average Bonchev–Trinajstić information content (AvgIpc) is 3.01. The Balaban J connectivity index is 1.54. The van der Waals surface area contributed by atoms with Crippen molar-refractivity contribution in [3.63, 3.8) is 0 Å². The Morgan fingerprint density at radius 1 is 1.09 bits per heavy atom. The van der Waals surface area contributed by atoms with Crippen LogP contribution in [-0.4, -0.2) is 66.9 Å². The predicted octanol–water partition coefficient (Wildman–Crippen LogP) is 1.56. The summed E-state index contributed by atoms with van der Waals surface area (Å²) in [6, 6.07) is 14.3. The van der Waals surface area contributed by atoms with Gasteiger partial charge < -0.3 is 16.0 Å². The second kappa shape index (κ2) is 14.2. The Kier molecular flexibility index (Phi) is 10.4. The molecule has 0 saturated carbocycles. The molecule has 0 bridgehead atoms. The molecular formula is C30H37N7O5S. The van der Waals surface area contributed by atoms with Gasteiger partial charge in [-0.3, -0.25) is 19.8 Å². The lowest BCUT2D eigenvalue weighted by Crippen LogP contribution is -2.51. The second-order valence-corrected chi connectivity index (χ2v) is 12.3. The summed E-state index contributed by atoms with van der Waals surface area (Å²) in [5, 5.41) is 14.4. The largest absolute Gasteiger partial charge is 0.384 e. The topological polar surface area (TPSA) is 180 Å². The Hall–Kier alpha value is -4.36. The van der Waals surface area contributed by atoms with E-state index >= 15 is 0 Å². The highest BCUT2D eigenvalue weighted by atomic mass is 32.2. The predicted molar refractivity (Wildman–Crippen MR) is 162 cm³/mol. The molecule has 43 heavy (non-hydrogen) atoms. The minimum Gasteiger partial charge on any atom is -0.384 e. The zero-order chi connectivity index (χ0) is 31.0. The van der Waals surface area contributed by atoms with Crippen molar-refractivity contribution < 1.29 is 18.0 Å². The molecule has 2 aromatic carbocycles. The zero-order valence-corrected chi connectivity index (χ0v) is 24.8. The van der Waals surface area contributed by atoms with E-state index < -0.39 is 21.6 Å². The van der Waals surface area contributed by atoms with Crippen LogP contribution in [0.25, 0.3) is 5.69 Å². The SMILES string of the molecule is CNC(=O)CCCC1CCN(C(=O)[C@H](Cc2cccc(C(=N)N)c2)NS(=O)(=O)c2cccc(-n3ncccc3=O)c2)CC1. The third-order valence-corrected chi connectivity index (χ3v) is 9.05. The van der Waals surface area contributed by atoms with E-state index in [0.29, 0.717) is 36.6 Å². The van der Waals surface area contributed by atoms with Gasteiger partial charge in [0.25, 0.3) is 5.56 Å². The second-order valence-electron chi connectivity index (χ2n) is 10.6. The Morgan fingerprint density at radius 2 is 1.84 bits per heavy atom. The fraction of sp³-hybridized carbons (Fsp3) is 0.367. The normalized spacial score (nSPS) is 14.7. The van der Waals surface area contributed by atoms with Gasteiger partial charge in [-0.15, -0.1) is 0 Å². The number of nitrogens with zero attached hydrogens (tertiary/aromatic N) is 3. The maximum absolute atomic E-state index is 13.8. The Bertz CT molecular complexity index is 1630. The minimum atomic E-state index is -4.21. The van der Waals surface area contributed by atoms with Crippen LogP contribution in [0.5, 0.6) is 0 Å². The molecule has 1 saturated heterocycles. The monoisotopic (exact) mass is 607 g/mol. The Morgan fingerprint density at radius 3 is 2.53 bits per heavy atom. The number of rotatable bonds is 12. The molecule has 1 aromatic heterocycles. The summed E-state index contributed by atoms with van der Waals surface area (Å²) in [6.07, 6.45) is 5.13. The highest BCUT2D eigenvalue weighted by Gasteiger charge is 2.32. The number of nitrogens with one attached hydrogen (secondary N) is 3. The van der Waals surface area contributed by atoms with Crippen LogP contribution in [-0.2, 0) is 26.0 Å². The van der Waals surface area contributed by atoms with Crippen LogP contribution in [0, 0.1) is 11.3 Å². The third-order valence-electron chi connectivity index (χ3n) is 7.58. The van der Waals surface area contributed by atoms with Gasteiger partial charge in [-0.2, -0.15) is 14.5 Å². The molecule has 228 valence electrons. The number of carbonyl (C=O) groups is 2. The molecule has 12 nitrogen and oxygen atoms in total. The standard InChI is InChI=1S/C30H37N7O5S/c1-33-27(38)11-3-6-21-13-16-36(17-14-21)30(40)26(19-22-7-2-8-23(18-22)29(31)32)35-43(41,42)25-10-4-9-24(20-25)37-28(39)12-5-15-34-37/h2,4-5,7-10,12,15,18,20-21,26,35H,3,6,11,13-14,16-17,19H2,1H3,(H3,31,32)(H,33,38)/t26-/m0/s1. The van der Waals surface area contributed by atoms with Gasteiger partial charge in [-0.25, -0.2) is 8.42 Å². The molecule has 0 aliphatic carbocycles. The van der Waals surface area contributed by atoms with Crippen molar-refractivity contribution in [3.8, 4) is 5.69 Å². The van der Waals surface area contributed by atoms with E-state index in [0.717, 1.165) is 30.4 Å². The number of benzene rings is 2. The summed E-state index contributed by atoms with van der Waals surface area (Å²) >= 11 is 0. The number of sulfonamides is 1. The fourth-order valence-electron chi connectivity index (χ4n) is 5.21. The number of piperidine rings is 1. The molecular weight excluding hydrogens is 570 g/mol. The van der Waals surface area contributed by atoms with Crippen LogP contribution < -0.4 is 21.3 Å². The Labute approximate surface area is 250 Å². The number of amides is 2. The minimum absolute atomic E-state index is 0.00853. The molecule has 1 aliphatic rings. The maximum Gasteiger partial charge on any atom is 0.271 e. The average molecular weight is 608 g/mol. The first-order valence-corrected chi connectivity index (χ1v) is 15.7. The summed E-state index contributed by atoms with van der Waals surface area (Å²) in [4.78, 5) is 39.2. The molecule has 0 radical (unpaired) electrons. The van der Waals surface area contributed by atoms with Crippen LogP contribution in [0.1, 0.15) is 43.2 Å². The number of likely N-dealkylation sites (tertiary alicyclic amines) is 1. The van der Waals surface area contributed by atoms with E-state index in [4.69, 9.17) is 11.1 Å². The molecule has 4 rings (SSSR count). The molecule has 2 heterocycles. The zero-order valence-electron chi connectivity index (χ0n) is 24.0. The van der Waals surface area contributed by atoms with Gasteiger partial charge in [-0.05, 0) is 73.9 Å². The van der Waals surface area contributed by atoms with Crippen molar-refractivity contribution in [2.45, 2.75) is 49.5 Å². The van der Waals surface area contributed by atoms with E-state index in [2.05, 4.69) is 15.1 Å². The lowest BCUT2D eigenvalue weighted by atomic mass is 9.91. The molecule has 2 amide bonds. The number of amidine groups is 1. The summed E-state index contributed by atoms with van der Waals surface area (Å²) in [6.45, 7) is 0.959. The summed E-state index contributed by atoms with van der Waals surface area (Å²) in [7, 11) is -2.60. The highest BCUT2D eigenvalue weighted by molar-refractivity contribution is 7.89. The molecule has 3 aromatic rings. The first-order chi connectivity index (χ1) is 20.6. The van der Waals surface area contributed by atoms with E-state index in [1.54, 1.807) is 42.3 Å². The van der Waals surface area contributed by atoms with Gasteiger partial charge >= 0.3 is 0 Å². The fourth-order valence-corrected chi connectivity index (χ4v) is 6.44. The quantitative estimate of drug-likeness (QED) is 0.178. The molecule has 13 heteroatoms. The third kappa shape index (κ3) is 8.36. The lowest BCUT2D eigenvalue weighted by Gasteiger charge is -2.34. The first-order valence-electron chi connectivity index (χ1n) is 14.2. The van der Waals surface area contributed by atoms with Crippen LogP contribution >= 0.6 is 0 Å². The number of hydrogen-bond donors (Lipinski definition) is 4. The number of nitrogens with two attached hydrogens (primary N) is 1. The molecule has 1 fully saturated rings. The number of hydrogen-bond acceptors (Lipinski definition) is 7. The van der Waals surface area contributed by atoms with E-state index in [1.165, 1.54) is 36.5 Å².